The molecule has 1 heterocycles. The molecule has 0 aromatic heterocycles. The highest BCUT2D eigenvalue weighted by atomic mass is 35.5. The molecule has 28 heavy (non-hydrogen) atoms. The zero-order chi connectivity index (χ0) is 19.9. The number of carbonyl (C=O) groups excluding carboxylic acids is 1. The minimum absolute atomic E-state index is 0.0724. The van der Waals surface area contributed by atoms with E-state index in [2.05, 4.69) is 5.32 Å². The zero-order valence-corrected chi connectivity index (χ0v) is 16.1. The van der Waals surface area contributed by atoms with Crippen molar-refractivity contribution in [1.29, 1.82) is 5.26 Å². The van der Waals surface area contributed by atoms with Gasteiger partial charge in [-0.15, -0.1) is 0 Å². The van der Waals surface area contributed by atoms with Crippen molar-refractivity contribution in [1.82, 2.24) is 0 Å². The number of nitrogens with zero attached hydrogens (tertiary/aromatic N) is 1. The molecule has 3 rings (SSSR count). The lowest BCUT2D eigenvalue weighted by Gasteiger charge is -2.11. The molecule has 144 valence electrons. The minimum atomic E-state index is -0.544. The van der Waals surface area contributed by atoms with Crippen molar-refractivity contribution in [3.05, 3.63) is 52.6 Å². The number of benzene rings is 2. The number of fused-ring (bicyclic) bond motifs is 1. The number of ether oxygens (including phenoxy) is 3. The van der Waals surface area contributed by atoms with Crippen LogP contribution >= 0.6 is 11.6 Å². The van der Waals surface area contributed by atoms with Crippen LogP contribution in [0.3, 0.4) is 0 Å². The molecule has 0 saturated heterocycles. The van der Waals surface area contributed by atoms with E-state index in [9.17, 15) is 10.1 Å². The number of rotatable bonds is 5. The Hall–Kier alpha value is -3.17. The van der Waals surface area contributed by atoms with Crippen LogP contribution in [-0.4, -0.2) is 25.7 Å². The number of anilines is 1. The fourth-order valence-electron chi connectivity index (χ4n) is 2.69. The molecule has 7 heteroatoms. The second-order valence-electron chi connectivity index (χ2n) is 5.93. The zero-order valence-electron chi connectivity index (χ0n) is 15.3. The summed E-state index contributed by atoms with van der Waals surface area (Å²) in [6.45, 7) is 3.35. The molecule has 6 nitrogen and oxygen atoms in total. The van der Waals surface area contributed by atoms with E-state index >= 15 is 0 Å². The molecule has 1 aliphatic rings. The molecule has 1 amide bonds. The Morgan fingerprint density at radius 3 is 2.89 bits per heavy atom. The van der Waals surface area contributed by atoms with Crippen LogP contribution in [0, 0.1) is 11.3 Å². The van der Waals surface area contributed by atoms with Crippen molar-refractivity contribution in [3.63, 3.8) is 0 Å². The van der Waals surface area contributed by atoms with Gasteiger partial charge in [0.1, 0.15) is 17.4 Å². The third kappa shape index (κ3) is 4.56. The largest absolute Gasteiger partial charge is 0.492 e. The number of nitriles is 1. The molecule has 0 bridgehead atoms. The average Bonchev–Trinajstić information content (AvgIpc) is 2.93. The van der Waals surface area contributed by atoms with E-state index in [1.54, 1.807) is 36.4 Å². The van der Waals surface area contributed by atoms with E-state index in [-0.39, 0.29) is 5.57 Å². The van der Waals surface area contributed by atoms with Crippen molar-refractivity contribution >= 4 is 29.3 Å². The van der Waals surface area contributed by atoms with Gasteiger partial charge in [0.2, 0.25) is 0 Å². The van der Waals surface area contributed by atoms with Crippen molar-refractivity contribution in [2.75, 3.05) is 25.1 Å². The second-order valence-corrected chi connectivity index (χ2v) is 6.34. The topological polar surface area (TPSA) is 80.6 Å². The Bertz CT molecular complexity index is 950. The van der Waals surface area contributed by atoms with Gasteiger partial charge in [-0.05, 0) is 42.8 Å². The van der Waals surface area contributed by atoms with Crippen LogP contribution in [0.25, 0.3) is 6.08 Å². The predicted molar refractivity (Wildman–Crippen MR) is 107 cm³/mol. The molecule has 0 atom stereocenters. The van der Waals surface area contributed by atoms with Crippen LogP contribution in [0.2, 0.25) is 5.02 Å². The number of halogens is 1. The lowest BCUT2D eigenvalue weighted by Crippen LogP contribution is -2.14. The fraction of sp³-hybridized carbons (Fsp3) is 0.238. The third-order valence-electron chi connectivity index (χ3n) is 3.94. The molecule has 0 radical (unpaired) electrons. The van der Waals surface area contributed by atoms with Gasteiger partial charge in [0.25, 0.3) is 5.91 Å². The number of para-hydroxylation sites is 2. The smallest absolute Gasteiger partial charge is 0.266 e. The lowest BCUT2D eigenvalue weighted by atomic mass is 10.1. The molecular formula is C21H19ClN2O4. The maximum Gasteiger partial charge on any atom is 0.266 e. The van der Waals surface area contributed by atoms with Crippen molar-refractivity contribution in [3.8, 4) is 23.3 Å². The summed E-state index contributed by atoms with van der Waals surface area (Å²) in [7, 11) is 0. The molecule has 2 aromatic rings. The van der Waals surface area contributed by atoms with Gasteiger partial charge in [0, 0.05) is 6.42 Å². The molecule has 0 unspecified atom stereocenters. The summed E-state index contributed by atoms with van der Waals surface area (Å²) in [5, 5.41) is 12.5. The first kappa shape index (κ1) is 19.6. The van der Waals surface area contributed by atoms with Gasteiger partial charge in [-0.25, -0.2) is 0 Å². The number of amides is 1. The van der Waals surface area contributed by atoms with E-state index < -0.39 is 5.91 Å². The molecule has 0 spiro atoms. The Balaban J connectivity index is 1.86. The first-order chi connectivity index (χ1) is 13.6. The monoisotopic (exact) mass is 398 g/mol. The van der Waals surface area contributed by atoms with Gasteiger partial charge in [0.05, 0.1) is 30.5 Å². The summed E-state index contributed by atoms with van der Waals surface area (Å²) in [4.78, 5) is 12.6. The molecule has 1 aliphatic heterocycles. The van der Waals surface area contributed by atoms with Gasteiger partial charge in [0.15, 0.2) is 11.5 Å². The van der Waals surface area contributed by atoms with Gasteiger partial charge >= 0.3 is 0 Å². The molecule has 0 saturated carbocycles. The van der Waals surface area contributed by atoms with Gasteiger partial charge in [-0.2, -0.15) is 5.26 Å². The summed E-state index contributed by atoms with van der Waals surface area (Å²) in [6, 6.07) is 12.3. The highest BCUT2D eigenvalue weighted by Crippen LogP contribution is 2.38. The number of nitrogens with one attached hydrogen (secondary N) is 1. The minimum Gasteiger partial charge on any atom is -0.492 e. The first-order valence-electron chi connectivity index (χ1n) is 8.86. The Labute approximate surface area is 168 Å². The fourth-order valence-corrected chi connectivity index (χ4v) is 2.96. The van der Waals surface area contributed by atoms with Crippen LogP contribution in [0.5, 0.6) is 17.2 Å². The van der Waals surface area contributed by atoms with E-state index in [1.165, 1.54) is 6.08 Å². The van der Waals surface area contributed by atoms with Crippen molar-refractivity contribution in [2.24, 2.45) is 0 Å². The summed E-state index contributed by atoms with van der Waals surface area (Å²) in [6.07, 6.45) is 2.21. The lowest BCUT2D eigenvalue weighted by molar-refractivity contribution is -0.112. The van der Waals surface area contributed by atoms with Gasteiger partial charge in [-0.1, -0.05) is 23.7 Å². The van der Waals surface area contributed by atoms with Crippen LogP contribution in [0.15, 0.2) is 42.0 Å². The highest BCUT2D eigenvalue weighted by Gasteiger charge is 2.17. The summed E-state index contributed by atoms with van der Waals surface area (Å²) >= 11 is 6.28. The van der Waals surface area contributed by atoms with E-state index in [4.69, 9.17) is 25.8 Å². The van der Waals surface area contributed by atoms with Crippen LogP contribution in [0.4, 0.5) is 5.69 Å². The maximum absolute atomic E-state index is 12.6. The van der Waals surface area contributed by atoms with Gasteiger partial charge < -0.3 is 19.5 Å². The summed E-state index contributed by atoms with van der Waals surface area (Å²) in [5.74, 6) is 0.965. The van der Waals surface area contributed by atoms with E-state index in [0.717, 1.165) is 6.42 Å². The normalized spacial score (nSPS) is 13.2. The number of carbonyl (C=O) groups is 1. The van der Waals surface area contributed by atoms with Gasteiger partial charge in [-0.3, -0.25) is 4.79 Å². The maximum atomic E-state index is 12.6. The van der Waals surface area contributed by atoms with E-state index in [1.807, 2.05) is 13.0 Å². The van der Waals surface area contributed by atoms with Crippen LogP contribution in [-0.2, 0) is 4.79 Å². The quantitative estimate of drug-likeness (QED) is 0.594. The third-order valence-corrected chi connectivity index (χ3v) is 4.22. The molecule has 0 aliphatic carbocycles. The second kappa shape index (κ2) is 9.16. The number of hydrogen-bond acceptors (Lipinski definition) is 5. The van der Waals surface area contributed by atoms with Crippen molar-refractivity contribution in [2.45, 2.75) is 13.3 Å². The summed E-state index contributed by atoms with van der Waals surface area (Å²) < 4.78 is 16.7. The average molecular weight is 399 g/mol. The Morgan fingerprint density at radius 1 is 1.32 bits per heavy atom. The number of hydrogen-bond donors (Lipinski definition) is 1. The SMILES string of the molecule is CCOc1ccccc1NC(=O)/C(C#N)=C/c1cc(Cl)c2c(c1)OCCCO2. The van der Waals surface area contributed by atoms with E-state index in [0.29, 0.717) is 53.3 Å². The summed E-state index contributed by atoms with van der Waals surface area (Å²) in [5.41, 5.74) is 0.989. The predicted octanol–water partition coefficient (Wildman–Crippen LogP) is 4.45. The van der Waals surface area contributed by atoms with Crippen molar-refractivity contribution < 1.29 is 19.0 Å². The highest BCUT2D eigenvalue weighted by molar-refractivity contribution is 6.32. The Morgan fingerprint density at radius 2 is 2.11 bits per heavy atom. The van der Waals surface area contributed by atoms with Crippen LogP contribution in [0.1, 0.15) is 18.9 Å². The molecular weight excluding hydrogens is 380 g/mol. The Kier molecular flexibility index (Phi) is 6.41. The molecule has 2 aromatic carbocycles. The molecule has 1 N–H and O–H groups in total. The molecule has 0 fully saturated rings. The first-order valence-corrected chi connectivity index (χ1v) is 9.24. The van der Waals surface area contributed by atoms with Crippen LogP contribution < -0.4 is 19.5 Å². The standard InChI is InChI=1S/C21H19ClN2O4/c1-2-26-18-7-4-3-6-17(18)24-21(25)15(13-23)10-14-11-16(22)20-19(12-14)27-8-5-9-28-20/h3-4,6-7,10-12H,2,5,8-9H2,1H3,(H,24,25)/b15-10+.